The molecule has 26 heavy (non-hydrogen) atoms. The van der Waals surface area contributed by atoms with E-state index in [1.165, 1.54) is 44.1 Å². The summed E-state index contributed by atoms with van der Waals surface area (Å²) in [5.74, 6) is 0.961. The maximum Gasteiger partial charge on any atom is 0.241 e. The number of amides is 1. The van der Waals surface area contributed by atoms with E-state index in [0.29, 0.717) is 23.9 Å². The molecule has 4 aliphatic rings. The lowest BCUT2D eigenvalue weighted by molar-refractivity contribution is -0.130. The zero-order chi connectivity index (χ0) is 17.6. The molecule has 1 amide bonds. The number of benzene rings is 1. The maximum atomic E-state index is 12.7. The predicted molar refractivity (Wildman–Crippen MR) is 103 cm³/mol. The van der Waals surface area contributed by atoms with E-state index in [1.54, 1.807) is 0 Å². The molecule has 4 heteroatoms. The van der Waals surface area contributed by atoms with Crippen LogP contribution in [-0.4, -0.2) is 53.1 Å². The van der Waals surface area contributed by atoms with Crippen LogP contribution in [0.25, 0.3) is 0 Å². The number of nitrogens with zero attached hydrogens (tertiary/aromatic N) is 2. The van der Waals surface area contributed by atoms with Crippen molar-refractivity contribution in [2.75, 3.05) is 19.8 Å². The van der Waals surface area contributed by atoms with Gasteiger partial charge in [0.15, 0.2) is 0 Å². The third-order valence-electron chi connectivity index (χ3n) is 7.42. The monoisotopic (exact) mass is 353 g/mol. The van der Waals surface area contributed by atoms with Crippen molar-refractivity contribution in [2.24, 2.45) is 0 Å². The van der Waals surface area contributed by atoms with Gasteiger partial charge in [0.25, 0.3) is 0 Å². The van der Waals surface area contributed by atoms with Crippen LogP contribution >= 0.6 is 0 Å². The standard InChI is InChI=1S/C22H31N3O/c26-21-22(25(16-23-21)18-10-11-18)12-14-24(15-13-22)20-9-5-4-8-19(20)17-6-2-1-3-7-17/h1-3,6-7,18-20H,4-5,8-16H2,(H,23,26). The number of likely N-dealkylation sites (tertiary alicyclic amines) is 1. The Labute approximate surface area is 156 Å². The van der Waals surface area contributed by atoms with Gasteiger partial charge in [0, 0.05) is 25.2 Å². The van der Waals surface area contributed by atoms with Gasteiger partial charge in [-0.3, -0.25) is 14.6 Å². The highest BCUT2D eigenvalue weighted by atomic mass is 16.2. The highest BCUT2D eigenvalue weighted by molar-refractivity contribution is 5.88. The molecule has 1 aromatic carbocycles. The molecule has 1 aromatic rings. The molecule has 2 unspecified atom stereocenters. The van der Waals surface area contributed by atoms with Crippen LogP contribution in [0.5, 0.6) is 0 Å². The van der Waals surface area contributed by atoms with Gasteiger partial charge in [-0.2, -0.15) is 0 Å². The molecule has 0 aromatic heterocycles. The molecule has 2 saturated carbocycles. The normalized spacial score (nSPS) is 32.7. The van der Waals surface area contributed by atoms with Gasteiger partial charge in [-0.1, -0.05) is 43.2 Å². The Bertz CT molecular complexity index is 649. The molecule has 2 aliphatic carbocycles. The number of hydrogen-bond donors (Lipinski definition) is 1. The Balaban J connectivity index is 1.32. The van der Waals surface area contributed by atoms with Gasteiger partial charge in [0.1, 0.15) is 5.54 Å². The van der Waals surface area contributed by atoms with Crippen LogP contribution in [0.2, 0.25) is 0 Å². The highest BCUT2D eigenvalue weighted by Crippen LogP contribution is 2.43. The van der Waals surface area contributed by atoms with Crippen LogP contribution in [0, 0.1) is 0 Å². The summed E-state index contributed by atoms with van der Waals surface area (Å²) < 4.78 is 0. The van der Waals surface area contributed by atoms with E-state index in [4.69, 9.17) is 0 Å². The summed E-state index contributed by atoms with van der Waals surface area (Å²) in [5, 5.41) is 3.15. The van der Waals surface area contributed by atoms with Crippen molar-refractivity contribution in [3.63, 3.8) is 0 Å². The van der Waals surface area contributed by atoms with Crippen molar-refractivity contribution < 1.29 is 4.79 Å². The second-order valence-electron chi connectivity index (χ2n) is 8.80. The van der Waals surface area contributed by atoms with E-state index in [1.807, 2.05) is 0 Å². The third-order valence-corrected chi connectivity index (χ3v) is 7.42. The first-order valence-electron chi connectivity index (χ1n) is 10.6. The minimum Gasteiger partial charge on any atom is -0.342 e. The van der Waals surface area contributed by atoms with Crippen LogP contribution in [0.3, 0.4) is 0 Å². The average molecular weight is 354 g/mol. The third kappa shape index (κ3) is 2.78. The molecule has 2 heterocycles. The van der Waals surface area contributed by atoms with Crippen LogP contribution < -0.4 is 5.32 Å². The number of carbonyl (C=O) groups excluding carboxylic acids is 1. The van der Waals surface area contributed by atoms with Gasteiger partial charge in [-0.05, 0) is 50.0 Å². The molecule has 2 aliphatic heterocycles. The minimum atomic E-state index is -0.200. The number of carbonyl (C=O) groups is 1. The Hall–Kier alpha value is -1.39. The van der Waals surface area contributed by atoms with E-state index in [0.717, 1.165) is 32.6 Å². The molecular weight excluding hydrogens is 322 g/mol. The lowest BCUT2D eigenvalue weighted by atomic mass is 9.77. The van der Waals surface area contributed by atoms with E-state index in [9.17, 15) is 4.79 Å². The highest BCUT2D eigenvalue weighted by Gasteiger charge is 2.54. The van der Waals surface area contributed by atoms with E-state index in [-0.39, 0.29) is 5.54 Å². The largest absolute Gasteiger partial charge is 0.342 e. The summed E-state index contributed by atoms with van der Waals surface area (Å²) in [6, 6.07) is 12.4. The summed E-state index contributed by atoms with van der Waals surface area (Å²) in [4.78, 5) is 17.9. The first kappa shape index (κ1) is 16.8. The molecule has 2 atom stereocenters. The van der Waals surface area contributed by atoms with Crippen molar-refractivity contribution in [3.05, 3.63) is 35.9 Å². The van der Waals surface area contributed by atoms with Crippen molar-refractivity contribution in [1.29, 1.82) is 0 Å². The summed E-state index contributed by atoms with van der Waals surface area (Å²) in [5.41, 5.74) is 1.31. The lowest BCUT2D eigenvalue weighted by Gasteiger charge is -2.48. The number of hydrogen-bond acceptors (Lipinski definition) is 3. The summed E-state index contributed by atoms with van der Waals surface area (Å²) in [7, 11) is 0. The second-order valence-corrected chi connectivity index (χ2v) is 8.80. The average Bonchev–Trinajstić information content (AvgIpc) is 3.49. The van der Waals surface area contributed by atoms with Gasteiger partial charge in [-0.25, -0.2) is 0 Å². The van der Waals surface area contributed by atoms with Gasteiger partial charge >= 0.3 is 0 Å². The SMILES string of the molecule is O=C1NCN(C2CC2)C12CCN(C1CCCCC1c1ccccc1)CC2. The molecule has 1 N–H and O–H groups in total. The van der Waals surface area contributed by atoms with E-state index >= 15 is 0 Å². The van der Waals surface area contributed by atoms with E-state index in [2.05, 4.69) is 45.4 Å². The Morgan fingerprint density at radius 1 is 0.962 bits per heavy atom. The number of piperidine rings is 1. The van der Waals surface area contributed by atoms with Gasteiger partial charge in [0.2, 0.25) is 5.91 Å². The Kier molecular flexibility index (Phi) is 4.29. The minimum absolute atomic E-state index is 0.200. The topological polar surface area (TPSA) is 35.6 Å². The molecular formula is C22H31N3O. The number of rotatable bonds is 3. The van der Waals surface area contributed by atoms with E-state index < -0.39 is 0 Å². The zero-order valence-electron chi connectivity index (χ0n) is 15.7. The van der Waals surface area contributed by atoms with Gasteiger partial charge in [0.05, 0.1) is 6.67 Å². The molecule has 2 saturated heterocycles. The van der Waals surface area contributed by atoms with Crippen LogP contribution in [-0.2, 0) is 4.79 Å². The van der Waals surface area contributed by atoms with Gasteiger partial charge < -0.3 is 5.32 Å². The molecule has 5 rings (SSSR count). The Morgan fingerprint density at radius 3 is 2.42 bits per heavy atom. The molecule has 1 spiro atoms. The van der Waals surface area contributed by atoms with Gasteiger partial charge in [-0.15, -0.1) is 0 Å². The molecule has 0 bridgehead atoms. The lowest BCUT2D eigenvalue weighted by Crippen LogP contribution is -2.58. The fraction of sp³-hybridized carbons (Fsp3) is 0.682. The quantitative estimate of drug-likeness (QED) is 0.907. The van der Waals surface area contributed by atoms with Crippen molar-refractivity contribution in [2.45, 2.75) is 74.9 Å². The smallest absolute Gasteiger partial charge is 0.241 e. The summed E-state index contributed by atoms with van der Waals surface area (Å²) in [6.07, 6.45) is 9.89. The first-order valence-corrected chi connectivity index (χ1v) is 10.6. The Morgan fingerprint density at radius 2 is 1.69 bits per heavy atom. The van der Waals surface area contributed by atoms with Crippen molar-refractivity contribution >= 4 is 5.91 Å². The molecule has 140 valence electrons. The zero-order valence-corrected chi connectivity index (χ0v) is 15.7. The number of nitrogens with one attached hydrogen (secondary N) is 1. The fourth-order valence-corrected chi connectivity index (χ4v) is 5.85. The molecule has 4 fully saturated rings. The fourth-order valence-electron chi connectivity index (χ4n) is 5.85. The molecule has 4 nitrogen and oxygen atoms in total. The van der Waals surface area contributed by atoms with Crippen molar-refractivity contribution in [1.82, 2.24) is 15.1 Å². The van der Waals surface area contributed by atoms with Crippen LogP contribution in [0.1, 0.15) is 62.8 Å². The predicted octanol–water partition coefficient (Wildman–Crippen LogP) is 3.10. The summed E-state index contributed by atoms with van der Waals surface area (Å²) >= 11 is 0. The van der Waals surface area contributed by atoms with Crippen LogP contribution in [0.15, 0.2) is 30.3 Å². The van der Waals surface area contributed by atoms with Crippen molar-refractivity contribution in [3.8, 4) is 0 Å². The second kappa shape index (κ2) is 6.65. The first-order chi connectivity index (χ1) is 12.8. The molecule has 0 radical (unpaired) electrons. The van der Waals surface area contributed by atoms with Crippen LogP contribution in [0.4, 0.5) is 0 Å². The summed E-state index contributed by atoms with van der Waals surface area (Å²) in [6.45, 7) is 2.93. The maximum absolute atomic E-state index is 12.7.